The average Bonchev–Trinajstić information content (AvgIpc) is 2.20. The van der Waals surface area contributed by atoms with E-state index in [-0.39, 0.29) is 0 Å². The SMILES string of the molecule is CCCCNc1c(C)cc(Br)cc1C(=O)O. The minimum atomic E-state index is -0.900. The number of aryl methyl sites for hydroxylation is 1. The molecular weight excluding hydrogens is 270 g/mol. The van der Waals surface area contributed by atoms with Crippen molar-refractivity contribution in [2.75, 3.05) is 11.9 Å². The van der Waals surface area contributed by atoms with Gasteiger partial charge in [0, 0.05) is 11.0 Å². The van der Waals surface area contributed by atoms with Crippen molar-refractivity contribution in [1.82, 2.24) is 0 Å². The lowest BCUT2D eigenvalue weighted by Crippen LogP contribution is -2.09. The van der Waals surface area contributed by atoms with Crippen LogP contribution in [-0.2, 0) is 0 Å². The van der Waals surface area contributed by atoms with Crippen molar-refractivity contribution < 1.29 is 9.90 Å². The van der Waals surface area contributed by atoms with E-state index in [0.29, 0.717) is 5.56 Å². The molecule has 2 N–H and O–H groups in total. The monoisotopic (exact) mass is 285 g/mol. The lowest BCUT2D eigenvalue weighted by atomic mass is 10.1. The third-order valence-corrected chi connectivity index (χ3v) is 2.82. The summed E-state index contributed by atoms with van der Waals surface area (Å²) in [5.74, 6) is -0.900. The Hall–Kier alpha value is -1.03. The van der Waals surface area contributed by atoms with Crippen molar-refractivity contribution in [3.05, 3.63) is 27.7 Å². The van der Waals surface area contributed by atoms with E-state index in [1.54, 1.807) is 6.07 Å². The van der Waals surface area contributed by atoms with E-state index in [1.807, 2.05) is 13.0 Å². The van der Waals surface area contributed by atoms with Gasteiger partial charge in [0.15, 0.2) is 0 Å². The summed E-state index contributed by atoms with van der Waals surface area (Å²) in [6.45, 7) is 4.82. The Morgan fingerprint density at radius 1 is 1.50 bits per heavy atom. The maximum absolute atomic E-state index is 11.1. The van der Waals surface area contributed by atoms with Crippen LogP contribution in [0.5, 0.6) is 0 Å². The summed E-state index contributed by atoms with van der Waals surface area (Å²) in [7, 11) is 0. The number of nitrogens with one attached hydrogen (secondary N) is 1. The Labute approximate surface area is 104 Å². The quantitative estimate of drug-likeness (QED) is 0.812. The van der Waals surface area contributed by atoms with Crippen LogP contribution in [0.25, 0.3) is 0 Å². The van der Waals surface area contributed by atoms with Gasteiger partial charge in [0.2, 0.25) is 0 Å². The van der Waals surface area contributed by atoms with Gasteiger partial charge in [-0.05, 0) is 31.0 Å². The molecular formula is C12H16BrNO2. The van der Waals surface area contributed by atoms with E-state index >= 15 is 0 Å². The van der Waals surface area contributed by atoms with Crippen molar-refractivity contribution in [3.63, 3.8) is 0 Å². The molecule has 88 valence electrons. The summed E-state index contributed by atoms with van der Waals surface area (Å²) in [4.78, 5) is 11.1. The smallest absolute Gasteiger partial charge is 0.337 e. The molecule has 1 rings (SSSR count). The molecule has 3 nitrogen and oxygen atoms in total. The lowest BCUT2D eigenvalue weighted by molar-refractivity contribution is 0.0697. The highest BCUT2D eigenvalue weighted by molar-refractivity contribution is 9.10. The zero-order valence-electron chi connectivity index (χ0n) is 9.51. The molecule has 0 saturated heterocycles. The molecule has 0 aliphatic heterocycles. The number of anilines is 1. The van der Waals surface area contributed by atoms with Crippen molar-refractivity contribution in [3.8, 4) is 0 Å². The Bertz CT molecular complexity index is 391. The topological polar surface area (TPSA) is 49.3 Å². The number of benzene rings is 1. The molecule has 4 heteroatoms. The first-order valence-corrected chi connectivity index (χ1v) is 6.13. The van der Waals surface area contributed by atoms with Gasteiger partial charge in [0.1, 0.15) is 0 Å². The number of halogens is 1. The molecule has 0 atom stereocenters. The number of hydrogen-bond donors (Lipinski definition) is 2. The molecule has 0 fully saturated rings. The van der Waals surface area contributed by atoms with E-state index in [4.69, 9.17) is 5.11 Å². The first kappa shape index (κ1) is 13.0. The number of carboxylic acids is 1. The van der Waals surface area contributed by atoms with E-state index < -0.39 is 5.97 Å². The van der Waals surface area contributed by atoms with Crippen LogP contribution in [0.4, 0.5) is 5.69 Å². The number of carboxylic acid groups (broad SMARTS) is 1. The summed E-state index contributed by atoms with van der Waals surface area (Å²) in [6.07, 6.45) is 2.12. The number of aromatic carboxylic acids is 1. The molecule has 0 unspecified atom stereocenters. The fourth-order valence-electron chi connectivity index (χ4n) is 1.54. The molecule has 0 radical (unpaired) electrons. The van der Waals surface area contributed by atoms with Gasteiger partial charge >= 0.3 is 5.97 Å². The summed E-state index contributed by atoms with van der Waals surface area (Å²) in [5, 5.41) is 12.3. The first-order valence-electron chi connectivity index (χ1n) is 5.33. The van der Waals surface area contributed by atoms with Crippen molar-refractivity contribution >= 4 is 27.6 Å². The second kappa shape index (κ2) is 5.89. The van der Waals surface area contributed by atoms with Crippen molar-refractivity contribution in [1.29, 1.82) is 0 Å². The van der Waals surface area contributed by atoms with E-state index in [1.165, 1.54) is 0 Å². The second-order valence-corrected chi connectivity index (χ2v) is 4.65. The number of carbonyl (C=O) groups is 1. The zero-order chi connectivity index (χ0) is 12.1. The summed E-state index contributed by atoms with van der Waals surface area (Å²) in [5.41, 5.74) is 2.00. The van der Waals surface area contributed by atoms with E-state index in [0.717, 1.165) is 35.1 Å². The number of hydrogen-bond acceptors (Lipinski definition) is 2. The highest BCUT2D eigenvalue weighted by Gasteiger charge is 2.13. The van der Waals surface area contributed by atoms with Crippen molar-refractivity contribution in [2.24, 2.45) is 0 Å². The maximum Gasteiger partial charge on any atom is 0.337 e. The van der Waals surface area contributed by atoms with Crippen LogP contribution in [0.15, 0.2) is 16.6 Å². The van der Waals surface area contributed by atoms with Gasteiger partial charge in [0.25, 0.3) is 0 Å². The molecule has 0 spiro atoms. The lowest BCUT2D eigenvalue weighted by Gasteiger charge is -2.13. The number of unbranched alkanes of at least 4 members (excludes halogenated alkanes) is 1. The molecule has 0 aromatic heterocycles. The number of rotatable bonds is 5. The van der Waals surface area contributed by atoms with Crippen molar-refractivity contribution in [2.45, 2.75) is 26.7 Å². The van der Waals surface area contributed by atoms with Gasteiger partial charge in [-0.2, -0.15) is 0 Å². The molecule has 1 aromatic carbocycles. The highest BCUT2D eigenvalue weighted by atomic mass is 79.9. The van der Waals surface area contributed by atoms with Gasteiger partial charge in [-0.25, -0.2) is 4.79 Å². The second-order valence-electron chi connectivity index (χ2n) is 3.73. The molecule has 0 heterocycles. The summed E-state index contributed by atoms with van der Waals surface area (Å²) in [6, 6.07) is 3.55. The van der Waals surface area contributed by atoms with Gasteiger partial charge in [-0.15, -0.1) is 0 Å². The molecule has 0 saturated carbocycles. The normalized spacial score (nSPS) is 10.2. The third-order valence-electron chi connectivity index (χ3n) is 2.36. The predicted molar refractivity (Wildman–Crippen MR) is 69.2 cm³/mol. The Morgan fingerprint density at radius 2 is 2.19 bits per heavy atom. The van der Waals surface area contributed by atoms with Gasteiger partial charge in [-0.3, -0.25) is 0 Å². The van der Waals surface area contributed by atoms with Gasteiger partial charge < -0.3 is 10.4 Å². The Kier molecular flexibility index (Phi) is 4.80. The fourth-order valence-corrected chi connectivity index (χ4v) is 2.11. The van der Waals surface area contributed by atoms with Crippen LogP contribution in [0.2, 0.25) is 0 Å². The maximum atomic E-state index is 11.1. The zero-order valence-corrected chi connectivity index (χ0v) is 11.1. The first-order chi connectivity index (χ1) is 7.56. The molecule has 16 heavy (non-hydrogen) atoms. The van der Waals surface area contributed by atoms with Crippen LogP contribution >= 0.6 is 15.9 Å². The van der Waals surface area contributed by atoms with Crippen LogP contribution in [0.3, 0.4) is 0 Å². The van der Waals surface area contributed by atoms with Crippen LogP contribution < -0.4 is 5.32 Å². The molecule has 0 aliphatic carbocycles. The highest BCUT2D eigenvalue weighted by Crippen LogP contribution is 2.25. The van der Waals surface area contributed by atoms with E-state index in [9.17, 15) is 4.79 Å². The molecule has 0 bridgehead atoms. The Morgan fingerprint density at radius 3 is 2.75 bits per heavy atom. The predicted octanol–water partition coefficient (Wildman–Crippen LogP) is 3.67. The minimum absolute atomic E-state index is 0.322. The van der Waals surface area contributed by atoms with Gasteiger partial charge in [-0.1, -0.05) is 29.3 Å². The standard InChI is InChI=1S/C12H16BrNO2/c1-3-4-5-14-11-8(2)6-9(13)7-10(11)12(15)16/h6-7,14H,3-5H2,1-2H3,(H,15,16). The molecule has 1 aromatic rings. The van der Waals surface area contributed by atoms with E-state index in [2.05, 4.69) is 28.2 Å². The van der Waals surface area contributed by atoms with Crippen LogP contribution in [0.1, 0.15) is 35.7 Å². The Balaban J connectivity index is 2.99. The average molecular weight is 286 g/mol. The molecule has 0 aliphatic rings. The largest absolute Gasteiger partial charge is 0.478 e. The minimum Gasteiger partial charge on any atom is -0.478 e. The summed E-state index contributed by atoms with van der Waals surface area (Å²) >= 11 is 3.31. The van der Waals surface area contributed by atoms with Crippen LogP contribution in [-0.4, -0.2) is 17.6 Å². The third kappa shape index (κ3) is 3.23. The van der Waals surface area contributed by atoms with Crippen LogP contribution in [0, 0.1) is 6.92 Å². The van der Waals surface area contributed by atoms with Gasteiger partial charge in [0.05, 0.1) is 11.3 Å². The summed E-state index contributed by atoms with van der Waals surface area (Å²) < 4.78 is 0.795. The fraction of sp³-hybridized carbons (Fsp3) is 0.417. The molecule has 0 amide bonds.